The molecule has 0 bridgehead atoms. The fourth-order valence-corrected chi connectivity index (χ4v) is 9.50. The summed E-state index contributed by atoms with van der Waals surface area (Å²) in [7, 11) is 0. The van der Waals surface area contributed by atoms with Gasteiger partial charge in [-0.25, -0.2) is 4.70 Å². The maximum atomic E-state index is 12.7. The van der Waals surface area contributed by atoms with Crippen LogP contribution in [0.1, 0.15) is 274 Å². The molecule has 2 aromatic carbocycles. The summed E-state index contributed by atoms with van der Waals surface area (Å²) in [6, 6.07) is 14.6. The van der Waals surface area contributed by atoms with Crippen molar-refractivity contribution in [1.82, 2.24) is 0 Å². The van der Waals surface area contributed by atoms with Gasteiger partial charge in [-0.05, 0) is 117 Å². The summed E-state index contributed by atoms with van der Waals surface area (Å²) < 4.78 is 1.65. The number of allylic oxidation sites excluding steroid dienone is 4. The van der Waals surface area contributed by atoms with Crippen molar-refractivity contribution in [2.24, 2.45) is 0 Å². The van der Waals surface area contributed by atoms with Crippen LogP contribution in [0.15, 0.2) is 59.7 Å². The molecule has 3 heteroatoms. The Morgan fingerprint density at radius 3 is 1.06 bits per heavy atom. The van der Waals surface area contributed by atoms with Crippen LogP contribution in [0, 0.1) is 14.9 Å². The average molecular weight is 922 g/mol. The molecule has 0 unspecified atom stereocenters. The molecule has 0 aliphatic carbocycles. The van der Waals surface area contributed by atoms with Gasteiger partial charge in [0.1, 0.15) is 0 Å². The van der Waals surface area contributed by atoms with E-state index in [0.29, 0.717) is 0 Å². The summed E-state index contributed by atoms with van der Waals surface area (Å²) in [5, 5.41) is 0. The van der Waals surface area contributed by atoms with E-state index in [1.165, 1.54) is 224 Å². The van der Waals surface area contributed by atoms with Gasteiger partial charge in [0.15, 0.2) is 0 Å². The van der Waals surface area contributed by atoms with Gasteiger partial charge in [0.25, 0.3) is 0 Å². The Morgan fingerprint density at radius 2 is 0.688 bits per heavy atom. The molecule has 1 aliphatic heterocycles. The molecule has 0 saturated carbocycles. The van der Waals surface area contributed by atoms with Crippen molar-refractivity contribution in [2.75, 3.05) is 0 Å². The van der Waals surface area contributed by atoms with Crippen LogP contribution in [0.4, 0.5) is 0 Å². The number of hydrogen-bond donors (Lipinski definition) is 0. The van der Waals surface area contributed by atoms with Crippen LogP contribution >= 0.6 is 0 Å². The van der Waals surface area contributed by atoms with Crippen molar-refractivity contribution >= 4 is 11.4 Å². The van der Waals surface area contributed by atoms with Crippen molar-refractivity contribution in [2.45, 2.75) is 266 Å². The largest absolute Gasteiger partial charge is 2.00 e. The van der Waals surface area contributed by atoms with Crippen LogP contribution in [-0.2, 0) is 42.2 Å². The molecular formula is C61H102N2Ni. The molecule has 2 nitrogen and oxygen atoms in total. The zero-order chi connectivity index (χ0) is 43.8. The van der Waals surface area contributed by atoms with Gasteiger partial charge in [0, 0.05) is 16.7 Å². The molecule has 0 N–H and O–H groups in total. The molecule has 0 atom stereocenters. The van der Waals surface area contributed by atoms with Gasteiger partial charge in [-0.1, -0.05) is 220 Å². The topological polar surface area (TPSA) is 25.3 Å². The van der Waals surface area contributed by atoms with Gasteiger partial charge in [-0.2, -0.15) is 0 Å². The van der Waals surface area contributed by atoms with Crippen LogP contribution < -0.4 is 0 Å². The van der Waals surface area contributed by atoms with E-state index >= 15 is 0 Å². The molecular weight excluding hydrogens is 819 g/mol. The fraction of sp³-hybridized carbons (Fsp3) is 0.672. The quantitative estimate of drug-likeness (QED) is 0.0278. The van der Waals surface area contributed by atoms with Gasteiger partial charge in [-0.3, -0.25) is 0 Å². The van der Waals surface area contributed by atoms with E-state index in [1.807, 2.05) is 0 Å². The zero-order valence-corrected chi connectivity index (χ0v) is 44.6. The van der Waals surface area contributed by atoms with Crippen LogP contribution in [0.25, 0.3) is 16.9 Å². The first-order valence-electron chi connectivity index (χ1n) is 26.9. The molecule has 1 heterocycles. The maximum absolute atomic E-state index is 12.7. The Kier molecular flexibility index (Phi) is 38.5. The molecule has 64 heavy (non-hydrogen) atoms. The predicted octanol–water partition coefficient (Wildman–Crippen LogP) is 20.7. The molecule has 0 radical (unpaired) electrons. The number of hydrogen-bond acceptors (Lipinski definition) is 0. The number of nitrogens with zero attached hydrogens (tertiary/aromatic N) is 2. The maximum Gasteiger partial charge on any atom is 2.00 e. The fourth-order valence-electron chi connectivity index (χ4n) is 9.50. The van der Waals surface area contributed by atoms with Gasteiger partial charge in [-0.15, -0.1) is 0 Å². The van der Waals surface area contributed by atoms with Crippen molar-refractivity contribution < 1.29 is 21.2 Å². The van der Waals surface area contributed by atoms with Gasteiger partial charge in [0.05, 0.1) is 5.57 Å². The molecule has 2 aromatic rings. The van der Waals surface area contributed by atoms with E-state index < -0.39 is 0 Å². The van der Waals surface area contributed by atoms with E-state index in [1.54, 1.807) is 4.70 Å². The van der Waals surface area contributed by atoms with Crippen molar-refractivity contribution in [3.05, 3.63) is 113 Å². The van der Waals surface area contributed by atoms with Gasteiger partial charge in [0.2, 0.25) is 11.4 Å². The molecule has 0 amide bonds. The summed E-state index contributed by atoms with van der Waals surface area (Å²) in [5.74, 6) is 0. The number of rotatable bonds is 38. The van der Waals surface area contributed by atoms with Crippen LogP contribution in [0.2, 0.25) is 0 Å². The van der Waals surface area contributed by atoms with E-state index in [4.69, 9.17) is 0 Å². The smallest absolute Gasteiger partial charge is 0.493 e. The normalized spacial score (nSPS) is 12.6. The van der Waals surface area contributed by atoms with E-state index in [0.717, 1.165) is 56.3 Å². The minimum atomic E-state index is 0. The second-order valence-electron chi connectivity index (χ2n) is 19.1. The first-order valence-corrected chi connectivity index (χ1v) is 26.9. The molecule has 0 spiro atoms. The third-order valence-electron chi connectivity index (χ3n) is 13.2. The van der Waals surface area contributed by atoms with E-state index in [2.05, 4.69) is 90.1 Å². The van der Waals surface area contributed by atoms with Gasteiger partial charge < -0.3 is 20.4 Å². The minimum absolute atomic E-state index is 0. The Morgan fingerprint density at radius 1 is 0.375 bits per heavy atom. The Bertz CT molecular complexity index is 1580. The monoisotopic (exact) mass is 921 g/mol. The standard InChI is InChI=1S/C59H96N2.2CH3.Ni/c1-7-13-19-20-21-22-23-24-25-26-27-28-29-30-31-32-33-37-43-57-56(42-36-16-10-4)58(54-46-50(38-17-11-5)44-52(48-54)40-34-14-8-2)61(60)59(57)55-47-51(39-18-12-6)45-53(49-55)41-35-15-9-3;;;/h36,42,44-49H,7-35,37-41,43H2,1-6H3;2*1H3;/q;2*-1;+2. The Hall–Kier alpha value is -2.25. The number of benzene rings is 2. The average Bonchev–Trinajstić information content (AvgIpc) is 3.54. The molecule has 0 fully saturated rings. The number of aryl methyl sites for hydroxylation is 4. The van der Waals surface area contributed by atoms with E-state index in [-0.39, 0.29) is 31.3 Å². The van der Waals surface area contributed by atoms with Crippen molar-refractivity contribution in [1.29, 1.82) is 0 Å². The van der Waals surface area contributed by atoms with Crippen molar-refractivity contribution in [3.8, 4) is 0 Å². The second kappa shape index (κ2) is 39.9. The van der Waals surface area contributed by atoms with Crippen molar-refractivity contribution in [3.63, 3.8) is 0 Å². The Labute approximate surface area is 410 Å². The molecule has 366 valence electrons. The van der Waals surface area contributed by atoms with Crippen LogP contribution in [-0.4, -0.2) is 4.70 Å². The summed E-state index contributed by atoms with van der Waals surface area (Å²) in [6.45, 7) is 13.8. The predicted molar refractivity (Wildman–Crippen MR) is 284 cm³/mol. The van der Waals surface area contributed by atoms with E-state index in [9.17, 15) is 5.53 Å². The minimum Gasteiger partial charge on any atom is -0.493 e. The third kappa shape index (κ3) is 24.0. The summed E-state index contributed by atoms with van der Waals surface area (Å²) in [5.41, 5.74) is 25.5. The van der Waals surface area contributed by atoms with Crippen LogP contribution in [0.3, 0.4) is 0 Å². The Balaban J connectivity index is 0.0000132. The SMILES string of the molecule is CCCC=CC1=C(c2cc(CCCC)cc(CCCCC)c2)[N+](=[N-])C(c2cc(CCCC)cc(CCCCC)c2)=C1CCCCCCCCCCCCCCCCCCCC.[CH3-].[CH3-].[Ni+2]. The molecule has 0 aromatic heterocycles. The third-order valence-corrected chi connectivity index (χ3v) is 13.2. The summed E-state index contributed by atoms with van der Waals surface area (Å²) >= 11 is 0. The summed E-state index contributed by atoms with van der Waals surface area (Å²) in [4.78, 5) is 0. The number of unbranched alkanes of at least 4 members (excludes halogenated alkanes) is 24. The first-order chi connectivity index (χ1) is 30.0. The summed E-state index contributed by atoms with van der Waals surface area (Å²) in [6.07, 6.45) is 49.6. The second-order valence-corrected chi connectivity index (χ2v) is 19.1. The van der Waals surface area contributed by atoms with Crippen LogP contribution in [0.5, 0.6) is 0 Å². The first kappa shape index (κ1) is 61.8. The molecule has 3 rings (SSSR count). The van der Waals surface area contributed by atoms with Gasteiger partial charge >= 0.3 is 16.5 Å². The molecule has 1 aliphatic rings. The molecule has 0 saturated heterocycles. The zero-order valence-electron chi connectivity index (χ0n) is 43.6.